The molecule has 6 nitrogen and oxygen atoms in total. The third-order valence-electron chi connectivity index (χ3n) is 2.23. The molecule has 0 atom stereocenters. The first-order chi connectivity index (χ1) is 8.06. The van der Waals surface area contributed by atoms with Crippen molar-refractivity contribution in [2.75, 3.05) is 5.73 Å². The summed E-state index contributed by atoms with van der Waals surface area (Å²) < 4.78 is 1.45. The lowest BCUT2D eigenvalue weighted by Crippen LogP contribution is -2.07. The molecular formula is C11H11N3O3. The van der Waals surface area contributed by atoms with Crippen molar-refractivity contribution >= 4 is 11.8 Å². The molecule has 17 heavy (non-hydrogen) atoms. The van der Waals surface area contributed by atoms with Crippen LogP contribution in [0.5, 0.6) is 5.75 Å². The van der Waals surface area contributed by atoms with E-state index in [4.69, 9.17) is 10.8 Å². The second-order valence-corrected chi connectivity index (χ2v) is 3.56. The molecule has 6 heteroatoms. The van der Waals surface area contributed by atoms with Gasteiger partial charge in [-0.15, -0.1) is 0 Å². The number of phenols is 1. The van der Waals surface area contributed by atoms with Crippen LogP contribution in [0.1, 0.15) is 5.69 Å². The lowest BCUT2D eigenvalue weighted by molar-refractivity contribution is -0.136. The minimum absolute atomic E-state index is 0.133. The number of carboxylic acid groups (broad SMARTS) is 1. The Morgan fingerprint density at radius 2 is 2.00 bits per heavy atom. The van der Waals surface area contributed by atoms with Gasteiger partial charge in [-0.3, -0.25) is 4.79 Å². The zero-order valence-corrected chi connectivity index (χ0v) is 8.87. The van der Waals surface area contributed by atoms with Crippen molar-refractivity contribution in [3.63, 3.8) is 0 Å². The fourth-order valence-electron chi connectivity index (χ4n) is 1.54. The Morgan fingerprint density at radius 1 is 1.35 bits per heavy atom. The first-order valence-electron chi connectivity index (χ1n) is 4.92. The minimum Gasteiger partial charge on any atom is -0.508 e. The summed E-state index contributed by atoms with van der Waals surface area (Å²) in [6.45, 7) is 0. The van der Waals surface area contributed by atoms with Crippen molar-refractivity contribution in [3.8, 4) is 11.4 Å². The summed E-state index contributed by atoms with van der Waals surface area (Å²) in [7, 11) is 0. The van der Waals surface area contributed by atoms with Crippen LogP contribution in [0.25, 0.3) is 5.69 Å². The number of carboxylic acids is 1. The summed E-state index contributed by atoms with van der Waals surface area (Å²) in [4.78, 5) is 10.7. The Balaban J connectivity index is 2.43. The van der Waals surface area contributed by atoms with Gasteiger partial charge in [-0.25, -0.2) is 4.68 Å². The van der Waals surface area contributed by atoms with Gasteiger partial charge in [0.1, 0.15) is 11.6 Å². The van der Waals surface area contributed by atoms with Crippen molar-refractivity contribution in [1.29, 1.82) is 0 Å². The quantitative estimate of drug-likeness (QED) is 0.727. The number of aromatic hydroxyl groups is 1. The van der Waals surface area contributed by atoms with Crippen LogP contribution < -0.4 is 5.73 Å². The van der Waals surface area contributed by atoms with Crippen LogP contribution in [-0.2, 0) is 11.2 Å². The first kappa shape index (κ1) is 11.0. The largest absolute Gasteiger partial charge is 0.508 e. The molecule has 0 spiro atoms. The number of anilines is 1. The SMILES string of the molecule is Nc1cc(CC(=O)O)n(-c2ccc(O)cc2)n1. The molecule has 0 aliphatic rings. The second kappa shape index (κ2) is 4.17. The van der Waals surface area contributed by atoms with E-state index in [0.717, 1.165) is 0 Å². The number of aliphatic carboxylic acids is 1. The van der Waals surface area contributed by atoms with Crippen LogP contribution in [0.2, 0.25) is 0 Å². The van der Waals surface area contributed by atoms with E-state index in [2.05, 4.69) is 5.10 Å². The predicted octanol–water partition coefficient (Wildman–Crippen LogP) is 0.787. The first-order valence-corrected chi connectivity index (χ1v) is 4.92. The normalized spacial score (nSPS) is 10.4. The Hall–Kier alpha value is -2.50. The molecule has 0 amide bonds. The van der Waals surface area contributed by atoms with E-state index in [0.29, 0.717) is 11.4 Å². The van der Waals surface area contributed by atoms with Crippen LogP contribution in [0, 0.1) is 0 Å². The molecule has 0 unspecified atom stereocenters. The van der Waals surface area contributed by atoms with Gasteiger partial charge in [0.15, 0.2) is 0 Å². The molecule has 0 aliphatic heterocycles. The standard InChI is InChI=1S/C11H11N3O3/c12-10-5-8(6-11(16)17)14(13-10)7-1-3-9(15)4-2-7/h1-5,15H,6H2,(H2,12,13)(H,16,17). The molecule has 0 bridgehead atoms. The number of hydrogen-bond acceptors (Lipinski definition) is 4. The highest BCUT2D eigenvalue weighted by Crippen LogP contribution is 2.17. The highest BCUT2D eigenvalue weighted by Gasteiger charge is 2.11. The van der Waals surface area contributed by atoms with E-state index in [1.54, 1.807) is 12.1 Å². The maximum Gasteiger partial charge on any atom is 0.309 e. The zero-order valence-electron chi connectivity index (χ0n) is 8.87. The molecule has 4 N–H and O–H groups in total. The van der Waals surface area contributed by atoms with Gasteiger partial charge in [-0.1, -0.05) is 0 Å². The van der Waals surface area contributed by atoms with Crippen molar-refractivity contribution in [2.45, 2.75) is 6.42 Å². The topological polar surface area (TPSA) is 101 Å². The molecule has 2 aromatic rings. The molecular weight excluding hydrogens is 222 g/mol. The molecule has 0 radical (unpaired) electrons. The van der Waals surface area contributed by atoms with Crippen molar-refractivity contribution in [3.05, 3.63) is 36.0 Å². The highest BCUT2D eigenvalue weighted by molar-refractivity contribution is 5.70. The summed E-state index contributed by atoms with van der Waals surface area (Å²) in [5, 5.41) is 22.0. The summed E-state index contributed by atoms with van der Waals surface area (Å²) in [6, 6.07) is 7.77. The fraction of sp³-hybridized carbons (Fsp3) is 0.0909. The van der Waals surface area contributed by atoms with Crippen LogP contribution in [0.4, 0.5) is 5.82 Å². The van der Waals surface area contributed by atoms with Gasteiger partial charge in [0, 0.05) is 6.07 Å². The van der Waals surface area contributed by atoms with Gasteiger partial charge in [0.2, 0.25) is 0 Å². The summed E-state index contributed by atoms with van der Waals surface area (Å²) in [6.07, 6.45) is -0.162. The maximum absolute atomic E-state index is 10.7. The van der Waals surface area contributed by atoms with Crippen LogP contribution >= 0.6 is 0 Å². The van der Waals surface area contributed by atoms with Crippen molar-refractivity contribution in [2.24, 2.45) is 0 Å². The second-order valence-electron chi connectivity index (χ2n) is 3.56. The molecule has 88 valence electrons. The summed E-state index contributed by atoms with van der Waals surface area (Å²) in [5.41, 5.74) is 6.68. The zero-order chi connectivity index (χ0) is 12.4. The Bertz CT molecular complexity index is 546. The average Bonchev–Trinajstić information content (AvgIpc) is 2.59. The van der Waals surface area contributed by atoms with Crippen LogP contribution in [0.3, 0.4) is 0 Å². The predicted molar refractivity (Wildman–Crippen MR) is 61.0 cm³/mol. The third kappa shape index (κ3) is 2.36. The molecule has 1 aromatic carbocycles. The van der Waals surface area contributed by atoms with Crippen molar-refractivity contribution in [1.82, 2.24) is 9.78 Å². The van der Waals surface area contributed by atoms with Crippen LogP contribution in [0.15, 0.2) is 30.3 Å². The highest BCUT2D eigenvalue weighted by atomic mass is 16.4. The summed E-state index contributed by atoms with van der Waals surface area (Å²) in [5.74, 6) is -0.562. The van der Waals surface area contributed by atoms with E-state index < -0.39 is 5.97 Å². The van der Waals surface area contributed by atoms with Gasteiger partial charge in [0.25, 0.3) is 0 Å². The Kier molecular flexibility index (Phi) is 2.70. The molecule has 0 saturated heterocycles. The smallest absolute Gasteiger partial charge is 0.309 e. The molecule has 1 heterocycles. The minimum atomic E-state index is -0.954. The number of rotatable bonds is 3. The van der Waals surface area contributed by atoms with Gasteiger partial charge in [0.05, 0.1) is 17.8 Å². The van der Waals surface area contributed by atoms with E-state index >= 15 is 0 Å². The van der Waals surface area contributed by atoms with Gasteiger partial charge in [-0.2, -0.15) is 5.10 Å². The van der Waals surface area contributed by atoms with E-state index in [-0.39, 0.29) is 18.0 Å². The number of nitrogen functional groups attached to an aromatic ring is 1. The molecule has 2 rings (SSSR count). The molecule has 1 aromatic heterocycles. The van der Waals surface area contributed by atoms with E-state index in [9.17, 15) is 9.90 Å². The summed E-state index contributed by atoms with van der Waals surface area (Å²) >= 11 is 0. The van der Waals surface area contributed by atoms with Gasteiger partial charge < -0.3 is 15.9 Å². The molecule has 0 saturated carbocycles. The van der Waals surface area contributed by atoms with Gasteiger partial charge >= 0.3 is 5.97 Å². The molecule has 0 aliphatic carbocycles. The fourth-order valence-corrected chi connectivity index (χ4v) is 1.54. The number of phenolic OH excluding ortho intramolecular Hbond substituents is 1. The number of nitrogens with two attached hydrogens (primary N) is 1. The Labute approximate surface area is 96.9 Å². The monoisotopic (exact) mass is 233 g/mol. The Morgan fingerprint density at radius 3 is 2.59 bits per heavy atom. The third-order valence-corrected chi connectivity index (χ3v) is 2.23. The van der Waals surface area contributed by atoms with Gasteiger partial charge in [-0.05, 0) is 24.3 Å². The van der Waals surface area contributed by atoms with E-state index in [1.165, 1.54) is 22.9 Å². The number of carbonyl (C=O) groups is 1. The van der Waals surface area contributed by atoms with E-state index in [1.807, 2.05) is 0 Å². The molecule has 0 fully saturated rings. The van der Waals surface area contributed by atoms with Crippen LogP contribution in [-0.4, -0.2) is 26.0 Å². The number of aromatic nitrogens is 2. The lowest BCUT2D eigenvalue weighted by Gasteiger charge is -2.05. The number of hydrogen-bond donors (Lipinski definition) is 3. The average molecular weight is 233 g/mol. The lowest BCUT2D eigenvalue weighted by atomic mass is 10.2. The number of nitrogens with zero attached hydrogens (tertiary/aromatic N) is 2. The maximum atomic E-state index is 10.7. The van der Waals surface area contributed by atoms with Crippen molar-refractivity contribution < 1.29 is 15.0 Å². The number of benzene rings is 1.